The van der Waals surface area contributed by atoms with Crippen LogP contribution in [0.25, 0.3) is 0 Å². The number of ketones is 1. The first-order valence-corrected chi connectivity index (χ1v) is 8.73. The van der Waals surface area contributed by atoms with Crippen LogP contribution >= 0.6 is 0 Å². The second-order valence-corrected chi connectivity index (χ2v) is 7.01. The van der Waals surface area contributed by atoms with E-state index in [1.54, 1.807) is 24.3 Å². The molecule has 0 aliphatic rings. The molecule has 0 saturated carbocycles. The van der Waals surface area contributed by atoms with Crippen LogP contribution in [0.1, 0.15) is 42.6 Å². The smallest absolute Gasteiger partial charge is 0.322 e. The fourth-order valence-corrected chi connectivity index (χ4v) is 3.30. The number of carboxylic acids is 1. The van der Waals surface area contributed by atoms with Gasteiger partial charge in [0.2, 0.25) is 10.0 Å². The second kappa shape index (κ2) is 8.05. The Labute approximate surface area is 130 Å². The van der Waals surface area contributed by atoms with Crippen LogP contribution < -0.4 is 4.72 Å². The van der Waals surface area contributed by atoms with Gasteiger partial charge in [0.05, 0.1) is 5.75 Å². The molecule has 1 aromatic rings. The van der Waals surface area contributed by atoms with Gasteiger partial charge in [-0.05, 0) is 25.3 Å². The van der Waals surface area contributed by atoms with E-state index >= 15 is 0 Å². The van der Waals surface area contributed by atoms with E-state index < -0.39 is 22.0 Å². The molecule has 6 nitrogen and oxygen atoms in total. The summed E-state index contributed by atoms with van der Waals surface area (Å²) in [4.78, 5) is 22.4. The Morgan fingerprint density at radius 2 is 1.82 bits per heavy atom. The van der Waals surface area contributed by atoms with E-state index in [2.05, 4.69) is 4.72 Å². The van der Waals surface area contributed by atoms with Crippen LogP contribution in [-0.4, -0.2) is 37.1 Å². The van der Waals surface area contributed by atoms with E-state index in [1.807, 2.05) is 6.92 Å². The summed E-state index contributed by atoms with van der Waals surface area (Å²) in [5.41, 5.74) is 1.18. The normalized spacial score (nSPS) is 12.8. The fraction of sp³-hybridized carbons (Fsp3) is 0.467. The Morgan fingerprint density at radius 1 is 1.23 bits per heavy atom. The number of nitrogens with one attached hydrogen (secondary N) is 1. The van der Waals surface area contributed by atoms with E-state index in [9.17, 15) is 23.1 Å². The van der Waals surface area contributed by atoms with Gasteiger partial charge in [0.25, 0.3) is 0 Å². The van der Waals surface area contributed by atoms with Crippen LogP contribution in [0.3, 0.4) is 0 Å². The van der Waals surface area contributed by atoms with Gasteiger partial charge in [-0.1, -0.05) is 37.6 Å². The minimum Gasteiger partial charge on any atom is -0.480 e. The molecular formula is C15H21NO5S. The number of aliphatic carboxylic acids is 1. The monoisotopic (exact) mass is 327 g/mol. The van der Waals surface area contributed by atoms with Crippen LogP contribution in [-0.2, 0) is 21.2 Å². The summed E-state index contributed by atoms with van der Waals surface area (Å²) >= 11 is 0. The molecule has 0 bridgehead atoms. The summed E-state index contributed by atoms with van der Waals surface area (Å²) < 4.78 is 25.9. The summed E-state index contributed by atoms with van der Waals surface area (Å²) in [5.74, 6) is -1.39. The molecule has 1 atom stereocenters. The van der Waals surface area contributed by atoms with E-state index in [0.29, 0.717) is 24.0 Å². The van der Waals surface area contributed by atoms with Crippen LogP contribution in [0.5, 0.6) is 0 Å². The maximum atomic E-state index is 11.8. The molecule has 1 rings (SSSR count). The number of rotatable bonds is 9. The van der Waals surface area contributed by atoms with Crippen molar-refractivity contribution in [2.45, 2.75) is 39.2 Å². The number of carbonyl (C=O) groups is 2. The largest absolute Gasteiger partial charge is 0.480 e. The zero-order valence-electron chi connectivity index (χ0n) is 12.7. The van der Waals surface area contributed by atoms with Crippen molar-refractivity contribution >= 4 is 21.8 Å². The molecule has 2 N–H and O–H groups in total. The lowest BCUT2D eigenvalue weighted by atomic mass is 10.0. The van der Waals surface area contributed by atoms with Gasteiger partial charge in [0, 0.05) is 5.56 Å². The number of unbranched alkanes of at least 4 members (excludes halogenated alkanes) is 1. The third kappa shape index (κ3) is 5.95. The van der Waals surface area contributed by atoms with Crippen molar-refractivity contribution in [2.24, 2.45) is 0 Å². The molecule has 0 heterocycles. The van der Waals surface area contributed by atoms with Crippen molar-refractivity contribution in [3.63, 3.8) is 0 Å². The van der Waals surface area contributed by atoms with Gasteiger partial charge in [0.15, 0.2) is 5.78 Å². The molecule has 0 aliphatic heterocycles. The summed E-state index contributed by atoms with van der Waals surface area (Å²) in [6.45, 7) is 3.30. The molecule has 122 valence electrons. The Hall–Kier alpha value is -1.73. The van der Waals surface area contributed by atoms with Crippen LogP contribution in [0, 0.1) is 0 Å². The highest BCUT2D eigenvalue weighted by molar-refractivity contribution is 7.89. The number of sulfonamides is 1. The van der Waals surface area contributed by atoms with E-state index in [4.69, 9.17) is 0 Å². The molecule has 0 aromatic heterocycles. The van der Waals surface area contributed by atoms with E-state index in [-0.39, 0.29) is 18.0 Å². The van der Waals surface area contributed by atoms with Crippen LogP contribution in [0.15, 0.2) is 24.3 Å². The van der Waals surface area contributed by atoms with Gasteiger partial charge in [-0.2, -0.15) is 0 Å². The van der Waals surface area contributed by atoms with E-state index in [0.717, 1.165) is 0 Å². The third-order valence-corrected chi connectivity index (χ3v) is 4.66. The lowest BCUT2D eigenvalue weighted by molar-refractivity contribution is -0.138. The number of benzene rings is 1. The molecule has 22 heavy (non-hydrogen) atoms. The van der Waals surface area contributed by atoms with Gasteiger partial charge in [0.1, 0.15) is 6.04 Å². The van der Waals surface area contributed by atoms with Crippen molar-refractivity contribution < 1.29 is 23.1 Å². The maximum absolute atomic E-state index is 11.8. The number of carbonyl (C=O) groups excluding carboxylic acids is 1. The zero-order chi connectivity index (χ0) is 16.8. The molecule has 7 heteroatoms. The summed E-state index contributed by atoms with van der Waals surface area (Å²) in [5, 5.41) is 9.19. The highest BCUT2D eigenvalue weighted by atomic mass is 32.2. The first-order valence-electron chi connectivity index (χ1n) is 7.08. The SMILES string of the molecule is CCCCS(=O)(=O)NC(Cc1ccc(C(C)=O)cc1)C(=O)O. The Kier molecular flexibility index (Phi) is 6.70. The number of carboxylic acid groups (broad SMARTS) is 1. The van der Waals surface area contributed by atoms with Gasteiger partial charge in [-0.15, -0.1) is 0 Å². The molecule has 0 saturated heterocycles. The molecule has 0 amide bonds. The number of hydrogen-bond acceptors (Lipinski definition) is 4. The first kappa shape index (κ1) is 18.3. The average Bonchev–Trinajstić information content (AvgIpc) is 2.44. The molecule has 0 radical (unpaired) electrons. The average molecular weight is 327 g/mol. The molecule has 0 aliphatic carbocycles. The van der Waals surface area contributed by atoms with Crippen molar-refractivity contribution in [2.75, 3.05) is 5.75 Å². The Balaban J connectivity index is 2.80. The predicted molar refractivity (Wildman–Crippen MR) is 83.4 cm³/mol. The van der Waals surface area contributed by atoms with Gasteiger partial charge < -0.3 is 5.11 Å². The molecule has 1 unspecified atom stereocenters. The maximum Gasteiger partial charge on any atom is 0.322 e. The Morgan fingerprint density at radius 3 is 2.27 bits per heavy atom. The summed E-state index contributed by atoms with van der Waals surface area (Å²) in [6, 6.07) is 5.25. The van der Waals surface area contributed by atoms with Crippen molar-refractivity contribution in [3.05, 3.63) is 35.4 Å². The van der Waals surface area contributed by atoms with Gasteiger partial charge in [-0.3, -0.25) is 9.59 Å². The van der Waals surface area contributed by atoms with Gasteiger partial charge >= 0.3 is 5.97 Å². The lowest BCUT2D eigenvalue weighted by Gasteiger charge is -2.15. The first-order chi connectivity index (χ1) is 10.2. The number of Topliss-reactive ketones (excluding diaryl/α,β-unsaturated/α-hetero) is 1. The van der Waals surface area contributed by atoms with Crippen LogP contribution in [0.2, 0.25) is 0 Å². The predicted octanol–water partition coefficient (Wildman–Crippen LogP) is 1.60. The van der Waals surface area contributed by atoms with Crippen molar-refractivity contribution in [1.29, 1.82) is 0 Å². The minimum atomic E-state index is -3.61. The van der Waals surface area contributed by atoms with Crippen LogP contribution in [0.4, 0.5) is 0 Å². The molecular weight excluding hydrogens is 306 g/mol. The quantitative estimate of drug-likeness (QED) is 0.671. The standard InChI is InChI=1S/C15H21NO5S/c1-3-4-9-22(20,21)16-14(15(18)19)10-12-5-7-13(8-6-12)11(2)17/h5-8,14,16H,3-4,9-10H2,1-2H3,(H,18,19). The lowest BCUT2D eigenvalue weighted by Crippen LogP contribution is -2.43. The molecule has 1 aromatic carbocycles. The highest BCUT2D eigenvalue weighted by Gasteiger charge is 2.24. The Bertz CT molecular complexity index is 622. The molecule has 0 fully saturated rings. The summed E-state index contributed by atoms with van der Waals surface area (Å²) in [7, 11) is -3.61. The van der Waals surface area contributed by atoms with Gasteiger partial charge in [-0.25, -0.2) is 13.1 Å². The molecule has 0 spiro atoms. The fourth-order valence-electron chi connectivity index (χ4n) is 1.90. The second-order valence-electron chi connectivity index (χ2n) is 5.14. The summed E-state index contributed by atoms with van der Waals surface area (Å²) in [6.07, 6.45) is 1.22. The van der Waals surface area contributed by atoms with Crippen molar-refractivity contribution in [3.8, 4) is 0 Å². The van der Waals surface area contributed by atoms with Crippen molar-refractivity contribution in [1.82, 2.24) is 4.72 Å². The van der Waals surface area contributed by atoms with E-state index in [1.165, 1.54) is 6.92 Å². The highest BCUT2D eigenvalue weighted by Crippen LogP contribution is 2.09. The minimum absolute atomic E-state index is 0.0267. The topological polar surface area (TPSA) is 101 Å². The third-order valence-electron chi connectivity index (χ3n) is 3.19. The number of hydrogen-bond donors (Lipinski definition) is 2. The zero-order valence-corrected chi connectivity index (χ0v) is 13.5.